The van der Waals surface area contributed by atoms with Gasteiger partial charge in [-0.15, -0.1) is 0 Å². The lowest BCUT2D eigenvalue weighted by molar-refractivity contribution is 0.214. The average molecular weight is 431 g/mol. The van der Waals surface area contributed by atoms with Crippen molar-refractivity contribution in [2.45, 2.75) is 89.6 Å². The molecule has 0 amide bonds. The van der Waals surface area contributed by atoms with E-state index in [1.54, 1.807) is 16.7 Å². The first-order chi connectivity index (χ1) is 15.2. The third-order valence-corrected chi connectivity index (χ3v) is 8.55. The maximum atomic E-state index is 2.76. The van der Waals surface area contributed by atoms with E-state index in [0.717, 1.165) is 19.6 Å². The number of hydrogen-bond donors (Lipinski definition) is 0. The number of benzene rings is 2. The maximum Gasteiger partial charge on any atom is 0.0237 e. The van der Waals surface area contributed by atoms with Gasteiger partial charge in [0.15, 0.2) is 0 Å². The maximum absolute atomic E-state index is 2.76. The minimum absolute atomic E-state index is 0.249. The standard InChI is InChI=1S/C30H42N2/c1-21(2)23-7-10-28-26(15-23)18-32(20-30(28)12-13-30)14-11-22(3)24-8-9-27-25(16-24)17-31(6)19-29(27,4)5/h7-10,15-16,21-22H,11-14,17-20H2,1-6H3. The van der Waals surface area contributed by atoms with E-state index in [1.165, 1.54) is 49.0 Å². The molecule has 2 heteroatoms. The van der Waals surface area contributed by atoms with Gasteiger partial charge < -0.3 is 4.90 Å². The summed E-state index contributed by atoms with van der Waals surface area (Å²) >= 11 is 0. The van der Waals surface area contributed by atoms with E-state index in [2.05, 4.69) is 87.9 Å². The van der Waals surface area contributed by atoms with Crippen LogP contribution in [-0.4, -0.2) is 36.5 Å². The highest BCUT2D eigenvalue weighted by Crippen LogP contribution is 2.52. The predicted octanol–water partition coefficient (Wildman–Crippen LogP) is 6.57. The monoisotopic (exact) mass is 430 g/mol. The second-order valence-electron chi connectivity index (χ2n) is 12.2. The van der Waals surface area contributed by atoms with Gasteiger partial charge in [-0.05, 0) is 78.1 Å². The summed E-state index contributed by atoms with van der Waals surface area (Å²) in [5.74, 6) is 1.22. The lowest BCUT2D eigenvalue weighted by Crippen LogP contribution is -2.40. The summed E-state index contributed by atoms with van der Waals surface area (Å²) in [5, 5.41) is 0. The van der Waals surface area contributed by atoms with Crippen molar-refractivity contribution >= 4 is 0 Å². The van der Waals surface area contributed by atoms with Crippen LogP contribution >= 0.6 is 0 Å². The first kappa shape index (κ1) is 22.2. The van der Waals surface area contributed by atoms with Gasteiger partial charge in [0.2, 0.25) is 0 Å². The zero-order valence-electron chi connectivity index (χ0n) is 21.2. The Bertz CT molecular complexity index is 998. The molecule has 1 saturated carbocycles. The molecule has 2 aliphatic heterocycles. The van der Waals surface area contributed by atoms with E-state index in [4.69, 9.17) is 0 Å². The summed E-state index contributed by atoms with van der Waals surface area (Å²) in [6.07, 6.45) is 4.00. The summed E-state index contributed by atoms with van der Waals surface area (Å²) in [5.41, 5.74) is 10.1. The molecule has 0 N–H and O–H groups in total. The highest BCUT2D eigenvalue weighted by atomic mass is 15.1. The lowest BCUT2D eigenvalue weighted by atomic mass is 9.77. The third kappa shape index (κ3) is 4.05. The molecule has 0 radical (unpaired) electrons. The molecule has 2 nitrogen and oxygen atoms in total. The minimum Gasteiger partial charge on any atom is -0.301 e. The Balaban J connectivity index is 1.28. The van der Waals surface area contributed by atoms with Gasteiger partial charge in [0.1, 0.15) is 0 Å². The Morgan fingerprint density at radius 2 is 1.50 bits per heavy atom. The van der Waals surface area contributed by atoms with Crippen molar-refractivity contribution in [3.8, 4) is 0 Å². The van der Waals surface area contributed by atoms with Crippen LogP contribution in [0.1, 0.15) is 99.1 Å². The van der Waals surface area contributed by atoms with Crippen molar-refractivity contribution in [3.05, 3.63) is 69.8 Å². The fourth-order valence-corrected chi connectivity index (χ4v) is 6.53. The first-order valence-corrected chi connectivity index (χ1v) is 12.8. The van der Waals surface area contributed by atoms with E-state index in [1.807, 2.05) is 0 Å². The highest BCUT2D eigenvalue weighted by Gasteiger charge is 2.48. The van der Waals surface area contributed by atoms with Crippen LogP contribution in [0.4, 0.5) is 0 Å². The molecule has 1 fully saturated rings. The van der Waals surface area contributed by atoms with Gasteiger partial charge >= 0.3 is 0 Å². The molecule has 1 spiro atoms. The Hall–Kier alpha value is -1.64. The SMILES string of the molecule is CC(C)c1ccc2c(c1)CN(CCC(C)c1ccc3c(c1)CN(C)CC3(C)C)CC21CC1. The highest BCUT2D eigenvalue weighted by molar-refractivity contribution is 5.44. The number of fused-ring (bicyclic) bond motifs is 3. The normalized spacial score (nSPS) is 22.6. The molecule has 1 atom stereocenters. The van der Waals surface area contributed by atoms with Crippen molar-refractivity contribution in [1.29, 1.82) is 0 Å². The van der Waals surface area contributed by atoms with Gasteiger partial charge in [-0.3, -0.25) is 4.90 Å². The van der Waals surface area contributed by atoms with Crippen LogP contribution in [0.15, 0.2) is 36.4 Å². The zero-order valence-corrected chi connectivity index (χ0v) is 21.2. The van der Waals surface area contributed by atoms with Crippen LogP contribution in [0.2, 0.25) is 0 Å². The molecule has 172 valence electrons. The number of rotatable bonds is 5. The van der Waals surface area contributed by atoms with Crippen LogP contribution in [0.5, 0.6) is 0 Å². The van der Waals surface area contributed by atoms with Crippen LogP contribution in [-0.2, 0) is 23.9 Å². The molecule has 2 aromatic rings. The van der Waals surface area contributed by atoms with E-state index in [0.29, 0.717) is 17.3 Å². The molecule has 1 aliphatic carbocycles. The van der Waals surface area contributed by atoms with Crippen molar-refractivity contribution in [2.24, 2.45) is 0 Å². The van der Waals surface area contributed by atoms with Gasteiger partial charge in [0.25, 0.3) is 0 Å². The molecular weight excluding hydrogens is 388 g/mol. The summed E-state index contributed by atoms with van der Waals surface area (Å²) in [6, 6.07) is 14.7. The van der Waals surface area contributed by atoms with Gasteiger partial charge in [0, 0.05) is 37.0 Å². The lowest BCUT2D eigenvalue weighted by Gasteiger charge is -2.38. The second-order valence-corrected chi connectivity index (χ2v) is 12.2. The Morgan fingerprint density at radius 1 is 0.844 bits per heavy atom. The molecule has 5 rings (SSSR count). The Kier molecular flexibility index (Phi) is 5.54. The molecule has 2 heterocycles. The second kappa shape index (κ2) is 7.99. The summed E-state index contributed by atoms with van der Waals surface area (Å²) in [7, 11) is 2.26. The molecule has 2 aromatic carbocycles. The molecular formula is C30H42N2. The number of hydrogen-bond acceptors (Lipinski definition) is 2. The van der Waals surface area contributed by atoms with Crippen LogP contribution < -0.4 is 0 Å². The van der Waals surface area contributed by atoms with Gasteiger partial charge in [-0.1, -0.05) is 71.0 Å². The Labute approximate surface area is 196 Å². The van der Waals surface area contributed by atoms with Gasteiger partial charge in [-0.2, -0.15) is 0 Å². The van der Waals surface area contributed by atoms with E-state index >= 15 is 0 Å². The zero-order chi connectivity index (χ0) is 22.7. The van der Waals surface area contributed by atoms with E-state index in [-0.39, 0.29) is 5.41 Å². The third-order valence-electron chi connectivity index (χ3n) is 8.55. The van der Waals surface area contributed by atoms with E-state index < -0.39 is 0 Å². The topological polar surface area (TPSA) is 6.48 Å². The minimum atomic E-state index is 0.249. The van der Waals surface area contributed by atoms with Crippen molar-refractivity contribution in [2.75, 3.05) is 26.7 Å². The summed E-state index contributed by atoms with van der Waals surface area (Å²) < 4.78 is 0. The number of likely N-dealkylation sites (N-methyl/N-ethyl adjacent to an activating group) is 1. The quantitative estimate of drug-likeness (QED) is 0.529. The summed E-state index contributed by atoms with van der Waals surface area (Å²) in [6.45, 7) is 17.7. The molecule has 1 unspecified atom stereocenters. The van der Waals surface area contributed by atoms with Crippen molar-refractivity contribution in [3.63, 3.8) is 0 Å². The van der Waals surface area contributed by atoms with Gasteiger partial charge in [-0.25, -0.2) is 0 Å². The van der Waals surface area contributed by atoms with E-state index in [9.17, 15) is 0 Å². The van der Waals surface area contributed by atoms with Crippen molar-refractivity contribution < 1.29 is 0 Å². The van der Waals surface area contributed by atoms with Crippen LogP contribution in [0.25, 0.3) is 0 Å². The smallest absolute Gasteiger partial charge is 0.0237 e. The summed E-state index contributed by atoms with van der Waals surface area (Å²) in [4.78, 5) is 5.23. The first-order valence-electron chi connectivity index (χ1n) is 12.8. The largest absolute Gasteiger partial charge is 0.301 e. The predicted molar refractivity (Wildman–Crippen MR) is 136 cm³/mol. The van der Waals surface area contributed by atoms with Gasteiger partial charge in [0.05, 0.1) is 0 Å². The van der Waals surface area contributed by atoms with Crippen LogP contribution in [0, 0.1) is 0 Å². The van der Waals surface area contributed by atoms with Crippen LogP contribution in [0.3, 0.4) is 0 Å². The molecule has 3 aliphatic rings. The number of nitrogens with zero attached hydrogens (tertiary/aromatic N) is 2. The fourth-order valence-electron chi connectivity index (χ4n) is 6.53. The molecule has 32 heavy (non-hydrogen) atoms. The molecule has 0 aromatic heterocycles. The molecule has 0 saturated heterocycles. The fraction of sp³-hybridized carbons (Fsp3) is 0.600. The Morgan fingerprint density at radius 3 is 2.22 bits per heavy atom. The van der Waals surface area contributed by atoms with Crippen molar-refractivity contribution in [1.82, 2.24) is 9.80 Å². The molecule has 0 bridgehead atoms. The average Bonchev–Trinajstić information content (AvgIpc) is 3.50.